The smallest absolute Gasteiger partial charge is 0.311 e. The number of nitrogens with two attached hydrogens (primary N) is 1. The molecule has 0 heterocycles. The summed E-state index contributed by atoms with van der Waals surface area (Å²) in [5.74, 6) is 0.227. The van der Waals surface area contributed by atoms with E-state index in [2.05, 4.69) is 13.8 Å². The Kier molecular flexibility index (Phi) is 4.20. The minimum absolute atomic E-state index is 0.0593. The first kappa shape index (κ1) is 15.1. The van der Waals surface area contributed by atoms with E-state index < -0.39 is 4.92 Å². The fourth-order valence-corrected chi connectivity index (χ4v) is 3.22. The van der Waals surface area contributed by atoms with Crippen molar-refractivity contribution in [3.8, 4) is 5.75 Å². The number of hydrogen-bond acceptors (Lipinski definition) is 4. The number of rotatable bonds is 5. The second-order valence-corrected chi connectivity index (χ2v) is 5.69. The third-order valence-corrected chi connectivity index (χ3v) is 4.79. The summed E-state index contributed by atoms with van der Waals surface area (Å²) in [6, 6.07) is 4.45. The van der Waals surface area contributed by atoms with E-state index in [4.69, 9.17) is 22.1 Å². The summed E-state index contributed by atoms with van der Waals surface area (Å²) in [5.41, 5.74) is 5.95. The highest BCUT2D eigenvalue weighted by molar-refractivity contribution is 6.30. The molecule has 1 aliphatic carbocycles. The molecule has 2 rings (SSSR count). The van der Waals surface area contributed by atoms with Gasteiger partial charge in [-0.3, -0.25) is 10.1 Å². The van der Waals surface area contributed by atoms with Crippen LogP contribution in [0.2, 0.25) is 5.02 Å². The van der Waals surface area contributed by atoms with Crippen molar-refractivity contribution in [2.45, 2.75) is 45.3 Å². The molecule has 1 aromatic rings. The van der Waals surface area contributed by atoms with E-state index in [1.165, 1.54) is 18.2 Å². The van der Waals surface area contributed by atoms with Crippen molar-refractivity contribution < 1.29 is 9.66 Å². The van der Waals surface area contributed by atoms with Crippen molar-refractivity contribution in [3.05, 3.63) is 33.3 Å². The maximum Gasteiger partial charge on any atom is 0.311 e. The summed E-state index contributed by atoms with van der Waals surface area (Å²) in [7, 11) is 0. The van der Waals surface area contributed by atoms with Crippen LogP contribution in [0.4, 0.5) is 5.69 Å². The Morgan fingerprint density at radius 3 is 2.65 bits per heavy atom. The third kappa shape index (κ3) is 2.36. The van der Waals surface area contributed by atoms with E-state index >= 15 is 0 Å². The van der Waals surface area contributed by atoms with Crippen molar-refractivity contribution in [1.82, 2.24) is 0 Å². The van der Waals surface area contributed by atoms with E-state index in [0.29, 0.717) is 11.4 Å². The lowest BCUT2D eigenvalue weighted by Crippen LogP contribution is -2.62. The zero-order chi connectivity index (χ0) is 14.9. The molecule has 1 fully saturated rings. The summed E-state index contributed by atoms with van der Waals surface area (Å²) in [5, 5.41) is 11.5. The number of nitro groups is 1. The molecule has 1 aromatic carbocycles. The zero-order valence-corrected chi connectivity index (χ0v) is 12.4. The van der Waals surface area contributed by atoms with E-state index in [9.17, 15) is 10.1 Å². The van der Waals surface area contributed by atoms with Gasteiger partial charge in [-0.2, -0.15) is 0 Å². The van der Waals surface area contributed by atoms with Gasteiger partial charge in [0.05, 0.1) is 4.92 Å². The van der Waals surface area contributed by atoms with Crippen molar-refractivity contribution in [1.29, 1.82) is 0 Å². The number of hydrogen-bond donors (Lipinski definition) is 1. The van der Waals surface area contributed by atoms with Crippen LogP contribution < -0.4 is 10.5 Å². The highest BCUT2D eigenvalue weighted by Crippen LogP contribution is 2.48. The first-order valence-electron chi connectivity index (χ1n) is 6.80. The van der Waals surface area contributed by atoms with Gasteiger partial charge in [-0.05, 0) is 18.9 Å². The molecule has 0 aromatic heterocycles. The molecule has 110 valence electrons. The van der Waals surface area contributed by atoms with Gasteiger partial charge in [-0.15, -0.1) is 0 Å². The topological polar surface area (TPSA) is 78.4 Å². The third-order valence-electron chi connectivity index (χ3n) is 4.55. The van der Waals surface area contributed by atoms with Gasteiger partial charge in [0.2, 0.25) is 0 Å². The van der Waals surface area contributed by atoms with Gasteiger partial charge >= 0.3 is 5.69 Å². The van der Waals surface area contributed by atoms with E-state index in [0.717, 1.165) is 12.8 Å². The molecule has 0 aliphatic heterocycles. The summed E-state index contributed by atoms with van der Waals surface area (Å²) in [6.45, 7) is 4.15. The summed E-state index contributed by atoms with van der Waals surface area (Å²) < 4.78 is 5.89. The molecule has 5 nitrogen and oxygen atoms in total. The molecular weight excluding hydrogens is 280 g/mol. The van der Waals surface area contributed by atoms with Gasteiger partial charge in [0.25, 0.3) is 0 Å². The first-order chi connectivity index (χ1) is 9.44. The Bertz CT molecular complexity index is 517. The van der Waals surface area contributed by atoms with Crippen LogP contribution in [0, 0.1) is 15.5 Å². The Hall–Kier alpha value is -1.33. The minimum Gasteiger partial charge on any atom is -0.483 e. The molecule has 2 atom stereocenters. The van der Waals surface area contributed by atoms with Crippen LogP contribution in [0.1, 0.15) is 33.1 Å². The van der Waals surface area contributed by atoms with Crippen molar-refractivity contribution >= 4 is 17.3 Å². The lowest BCUT2D eigenvalue weighted by Gasteiger charge is -2.53. The fourth-order valence-electron chi connectivity index (χ4n) is 3.06. The molecule has 0 spiro atoms. The second kappa shape index (κ2) is 5.58. The highest BCUT2D eigenvalue weighted by atomic mass is 35.5. The van der Waals surface area contributed by atoms with Gasteiger partial charge in [0.1, 0.15) is 6.10 Å². The maximum atomic E-state index is 11.0. The molecule has 0 saturated heterocycles. The maximum absolute atomic E-state index is 11.0. The predicted octanol–water partition coefficient (Wildman–Crippen LogP) is 3.53. The largest absolute Gasteiger partial charge is 0.483 e. The van der Waals surface area contributed by atoms with Gasteiger partial charge in [-0.1, -0.05) is 25.4 Å². The molecule has 0 radical (unpaired) electrons. The van der Waals surface area contributed by atoms with Gasteiger partial charge in [-0.25, -0.2) is 0 Å². The quantitative estimate of drug-likeness (QED) is 0.666. The Morgan fingerprint density at radius 2 is 2.15 bits per heavy atom. The molecule has 1 saturated carbocycles. The molecule has 2 unspecified atom stereocenters. The molecular formula is C14H19ClN2O3. The van der Waals surface area contributed by atoms with Gasteiger partial charge in [0, 0.05) is 35.0 Å². The van der Waals surface area contributed by atoms with Crippen LogP contribution in [-0.4, -0.2) is 17.1 Å². The number of halogens is 1. The van der Waals surface area contributed by atoms with Crippen molar-refractivity contribution in [2.75, 3.05) is 0 Å². The fraction of sp³-hybridized carbons (Fsp3) is 0.571. The monoisotopic (exact) mass is 298 g/mol. The lowest BCUT2D eigenvalue weighted by molar-refractivity contribution is -0.386. The van der Waals surface area contributed by atoms with Crippen LogP contribution in [0.3, 0.4) is 0 Å². The average molecular weight is 299 g/mol. The number of nitro benzene ring substituents is 1. The molecule has 0 amide bonds. The second-order valence-electron chi connectivity index (χ2n) is 5.26. The Morgan fingerprint density at radius 1 is 1.50 bits per heavy atom. The molecule has 2 N–H and O–H groups in total. The summed E-state index contributed by atoms with van der Waals surface area (Å²) in [4.78, 5) is 10.6. The molecule has 0 bridgehead atoms. The average Bonchev–Trinajstić information content (AvgIpc) is 2.39. The van der Waals surface area contributed by atoms with Crippen molar-refractivity contribution in [2.24, 2.45) is 11.1 Å². The lowest BCUT2D eigenvalue weighted by atomic mass is 9.59. The number of ether oxygens (including phenoxy) is 1. The Balaban J connectivity index is 2.27. The Labute approximate surface area is 123 Å². The van der Waals surface area contributed by atoms with Crippen LogP contribution >= 0.6 is 11.6 Å². The van der Waals surface area contributed by atoms with E-state index in [-0.39, 0.29) is 29.0 Å². The molecule has 1 aliphatic rings. The predicted molar refractivity (Wildman–Crippen MR) is 78.1 cm³/mol. The minimum atomic E-state index is -0.455. The highest BCUT2D eigenvalue weighted by Gasteiger charge is 2.52. The summed E-state index contributed by atoms with van der Waals surface area (Å²) >= 11 is 5.91. The summed E-state index contributed by atoms with van der Waals surface area (Å²) in [6.07, 6.45) is 2.41. The van der Waals surface area contributed by atoms with Crippen molar-refractivity contribution in [3.63, 3.8) is 0 Å². The number of benzene rings is 1. The van der Waals surface area contributed by atoms with Crippen LogP contribution in [0.5, 0.6) is 5.75 Å². The van der Waals surface area contributed by atoms with Crippen LogP contribution in [-0.2, 0) is 0 Å². The zero-order valence-electron chi connectivity index (χ0n) is 11.6. The first-order valence-corrected chi connectivity index (χ1v) is 7.18. The standard InChI is InChI=1S/C14H19ClN2O3/c1-3-14(4-2)12(16)8-13(14)20-11-7-9(15)5-6-10(11)17(18)19/h5-7,12-13H,3-4,8,16H2,1-2H3. The van der Waals surface area contributed by atoms with Gasteiger partial charge in [0.15, 0.2) is 5.75 Å². The van der Waals surface area contributed by atoms with Crippen LogP contribution in [0.25, 0.3) is 0 Å². The molecule has 6 heteroatoms. The molecule has 20 heavy (non-hydrogen) atoms. The van der Waals surface area contributed by atoms with E-state index in [1.807, 2.05) is 0 Å². The van der Waals surface area contributed by atoms with Gasteiger partial charge < -0.3 is 10.5 Å². The van der Waals surface area contributed by atoms with E-state index in [1.54, 1.807) is 0 Å². The normalized spacial score (nSPS) is 24.0. The van der Waals surface area contributed by atoms with Crippen LogP contribution in [0.15, 0.2) is 18.2 Å². The SMILES string of the molecule is CCC1(CC)C(N)CC1Oc1cc(Cl)ccc1[N+](=O)[O-]. The number of nitrogens with zero attached hydrogens (tertiary/aromatic N) is 1.